The highest BCUT2D eigenvalue weighted by Gasteiger charge is 2.17. The largest absolute Gasteiger partial charge is 0.387 e. The van der Waals surface area contributed by atoms with Crippen LogP contribution in [-0.4, -0.2) is 25.0 Å². The molecule has 1 N–H and O–H groups in total. The molecule has 0 fully saturated rings. The lowest BCUT2D eigenvalue weighted by atomic mass is 10.1. The SMILES string of the molecule is CCS(=O)(=O)C[C@@H](O)c1ccccc1C. The molecule has 4 heteroatoms. The molecule has 0 aliphatic carbocycles. The number of benzene rings is 1. The van der Waals surface area contributed by atoms with E-state index in [1.165, 1.54) is 0 Å². The van der Waals surface area contributed by atoms with E-state index in [-0.39, 0.29) is 11.5 Å². The number of aliphatic hydroxyl groups excluding tert-OH is 1. The second-order valence-electron chi connectivity index (χ2n) is 3.57. The highest BCUT2D eigenvalue weighted by Crippen LogP contribution is 2.18. The smallest absolute Gasteiger partial charge is 0.152 e. The highest BCUT2D eigenvalue weighted by atomic mass is 32.2. The highest BCUT2D eigenvalue weighted by molar-refractivity contribution is 7.91. The fraction of sp³-hybridized carbons (Fsp3) is 0.455. The predicted molar refractivity (Wildman–Crippen MR) is 60.5 cm³/mol. The molecule has 0 saturated carbocycles. The normalized spacial score (nSPS) is 13.8. The maximum Gasteiger partial charge on any atom is 0.152 e. The van der Waals surface area contributed by atoms with Crippen molar-refractivity contribution in [2.75, 3.05) is 11.5 Å². The molecule has 0 amide bonds. The second kappa shape index (κ2) is 4.77. The molecule has 0 radical (unpaired) electrons. The van der Waals surface area contributed by atoms with Gasteiger partial charge >= 0.3 is 0 Å². The van der Waals surface area contributed by atoms with Gasteiger partial charge in [0.1, 0.15) is 0 Å². The molecule has 84 valence electrons. The van der Waals surface area contributed by atoms with Crippen molar-refractivity contribution in [2.45, 2.75) is 20.0 Å². The molecule has 0 unspecified atom stereocenters. The van der Waals surface area contributed by atoms with Gasteiger partial charge in [0.25, 0.3) is 0 Å². The van der Waals surface area contributed by atoms with E-state index in [0.29, 0.717) is 5.56 Å². The van der Waals surface area contributed by atoms with Gasteiger partial charge in [-0.15, -0.1) is 0 Å². The number of sulfone groups is 1. The third-order valence-corrected chi connectivity index (χ3v) is 4.10. The van der Waals surface area contributed by atoms with E-state index in [9.17, 15) is 13.5 Å². The first-order valence-electron chi connectivity index (χ1n) is 4.90. The van der Waals surface area contributed by atoms with Gasteiger partial charge in [0, 0.05) is 5.75 Å². The third-order valence-electron chi connectivity index (χ3n) is 2.40. The Morgan fingerprint density at radius 1 is 1.33 bits per heavy atom. The van der Waals surface area contributed by atoms with E-state index in [2.05, 4.69) is 0 Å². The molecule has 0 aliphatic heterocycles. The van der Waals surface area contributed by atoms with Gasteiger partial charge in [-0.05, 0) is 18.1 Å². The molecule has 0 bridgehead atoms. The van der Waals surface area contributed by atoms with Crippen molar-refractivity contribution >= 4 is 9.84 Å². The molecular formula is C11H16O3S. The Labute approximate surface area is 90.7 Å². The van der Waals surface area contributed by atoms with Gasteiger partial charge in [-0.1, -0.05) is 31.2 Å². The molecule has 0 spiro atoms. The molecule has 0 aliphatic rings. The maximum atomic E-state index is 11.3. The number of aryl methyl sites for hydroxylation is 1. The number of hydrogen-bond acceptors (Lipinski definition) is 3. The van der Waals surface area contributed by atoms with E-state index in [4.69, 9.17) is 0 Å². The molecule has 1 aromatic rings. The lowest BCUT2D eigenvalue weighted by Crippen LogP contribution is -2.16. The Morgan fingerprint density at radius 3 is 2.47 bits per heavy atom. The fourth-order valence-electron chi connectivity index (χ4n) is 1.41. The minimum atomic E-state index is -3.13. The van der Waals surface area contributed by atoms with Gasteiger partial charge in [-0.2, -0.15) is 0 Å². The lowest BCUT2D eigenvalue weighted by Gasteiger charge is -2.13. The second-order valence-corrected chi connectivity index (χ2v) is 5.97. The van der Waals surface area contributed by atoms with Gasteiger partial charge in [0.2, 0.25) is 0 Å². The summed E-state index contributed by atoms with van der Waals surface area (Å²) in [5, 5.41) is 9.79. The first-order valence-corrected chi connectivity index (χ1v) is 6.72. The molecule has 0 heterocycles. The zero-order valence-electron chi connectivity index (χ0n) is 8.97. The molecule has 0 saturated heterocycles. The Balaban J connectivity index is 2.87. The van der Waals surface area contributed by atoms with Crippen LogP contribution in [0, 0.1) is 6.92 Å². The zero-order chi connectivity index (χ0) is 11.5. The first-order chi connectivity index (χ1) is 6.96. The van der Waals surface area contributed by atoms with E-state index in [1.54, 1.807) is 19.1 Å². The molecule has 15 heavy (non-hydrogen) atoms. The maximum absolute atomic E-state index is 11.3. The monoisotopic (exact) mass is 228 g/mol. The van der Waals surface area contributed by atoms with Crippen molar-refractivity contribution in [1.82, 2.24) is 0 Å². The van der Waals surface area contributed by atoms with Crippen molar-refractivity contribution < 1.29 is 13.5 Å². The van der Waals surface area contributed by atoms with Gasteiger partial charge in [0.05, 0.1) is 11.9 Å². The quantitative estimate of drug-likeness (QED) is 0.849. The summed E-state index contributed by atoms with van der Waals surface area (Å²) >= 11 is 0. The predicted octanol–water partition coefficient (Wildman–Crippen LogP) is 1.46. The summed E-state index contributed by atoms with van der Waals surface area (Å²) in [7, 11) is -3.13. The standard InChI is InChI=1S/C11H16O3S/c1-3-15(13,14)8-11(12)10-7-5-4-6-9(10)2/h4-7,11-12H,3,8H2,1-2H3/t11-/m1/s1. The minimum absolute atomic E-state index is 0.0654. The Kier molecular flexibility index (Phi) is 3.88. The van der Waals surface area contributed by atoms with Crippen LogP contribution < -0.4 is 0 Å². The molecular weight excluding hydrogens is 212 g/mol. The van der Waals surface area contributed by atoms with Crippen LogP contribution in [0.5, 0.6) is 0 Å². The fourth-order valence-corrected chi connectivity index (χ4v) is 2.31. The topological polar surface area (TPSA) is 54.4 Å². The van der Waals surface area contributed by atoms with E-state index in [1.807, 2.05) is 19.1 Å². The van der Waals surface area contributed by atoms with E-state index < -0.39 is 15.9 Å². The van der Waals surface area contributed by atoms with Crippen molar-refractivity contribution in [3.8, 4) is 0 Å². The van der Waals surface area contributed by atoms with Crippen LogP contribution in [0.25, 0.3) is 0 Å². The van der Waals surface area contributed by atoms with Crippen LogP contribution >= 0.6 is 0 Å². The summed E-state index contributed by atoms with van der Waals surface area (Å²) in [5.41, 5.74) is 1.60. The molecule has 3 nitrogen and oxygen atoms in total. The summed E-state index contributed by atoms with van der Waals surface area (Å²) in [6.45, 7) is 3.44. The summed E-state index contributed by atoms with van der Waals surface area (Å²) in [6.07, 6.45) is -0.920. The van der Waals surface area contributed by atoms with E-state index >= 15 is 0 Å². The molecule has 1 rings (SSSR count). The van der Waals surface area contributed by atoms with Gasteiger partial charge < -0.3 is 5.11 Å². The molecule has 0 aromatic heterocycles. The van der Waals surface area contributed by atoms with Crippen molar-refractivity contribution in [1.29, 1.82) is 0 Å². The van der Waals surface area contributed by atoms with Crippen molar-refractivity contribution in [2.24, 2.45) is 0 Å². The molecule has 1 atom stereocenters. The van der Waals surface area contributed by atoms with Crippen molar-refractivity contribution in [3.05, 3.63) is 35.4 Å². The van der Waals surface area contributed by atoms with Crippen LogP contribution in [0.1, 0.15) is 24.2 Å². The summed E-state index contributed by atoms with van der Waals surface area (Å²) in [4.78, 5) is 0. The Morgan fingerprint density at radius 2 is 1.93 bits per heavy atom. The minimum Gasteiger partial charge on any atom is -0.387 e. The van der Waals surface area contributed by atoms with Crippen LogP contribution in [0.3, 0.4) is 0 Å². The number of hydrogen-bond donors (Lipinski definition) is 1. The number of aliphatic hydroxyl groups is 1. The van der Waals surface area contributed by atoms with Gasteiger partial charge in [-0.25, -0.2) is 8.42 Å². The summed E-state index contributed by atoms with van der Waals surface area (Å²) < 4.78 is 22.7. The van der Waals surface area contributed by atoms with E-state index in [0.717, 1.165) is 5.56 Å². The lowest BCUT2D eigenvalue weighted by molar-refractivity contribution is 0.201. The molecule has 1 aromatic carbocycles. The Hall–Kier alpha value is -0.870. The third kappa shape index (κ3) is 3.32. The number of rotatable bonds is 4. The van der Waals surface area contributed by atoms with Crippen molar-refractivity contribution in [3.63, 3.8) is 0 Å². The summed E-state index contributed by atoms with van der Waals surface area (Å²) in [5.74, 6) is -0.135. The van der Waals surface area contributed by atoms with Gasteiger partial charge in [0.15, 0.2) is 9.84 Å². The average molecular weight is 228 g/mol. The average Bonchev–Trinajstić information content (AvgIpc) is 2.17. The van der Waals surface area contributed by atoms with Crippen LogP contribution in [-0.2, 0) is 9.84 Å². The zero-order valence-corrected chi connectivity index (χ0v) is 9.79. The Bertz CT molecular complexity index is 423. The van der Waals surface area contributed by atoms with Crippen LogP contribution in [0.2, 0.25) is 0 Å². The van der Waals surface area contributed by atoms with Gasteiger partial charge in [-0.3, -0.25) is 0 Å². The summed E-state index contributed by atoms with van der Waals surface area (Å²) in [6, 6.07) is 7.27. The first kappa shape index (κ1) is 12.2. The van der Waals surface area contributed by atoms with Crippen LogP contribution in [0.15, 0.2) is 24.3 Å². The van der Waals surface area contributed by atoms with Crippen LogP contribution in [0.4, 0.5) is 0 Å².